The molecule has 0 spiro atoms. The molecular formula is C17H11F17O3. The van der Waals surface area contributed by atoms with Crippen LogP contribution < -0.4 is 14.2 Å². The maximum absolute atomic E-state index is 14.7. The highest BCUT2D eigenvalue weighted by atomic mass is 19.4. The average molecular weight is 586 g/mol. The third-order valence-corrected chi connectivity index (χ3v) is 4.75. The smallest absolute Gasteiger partial charge is 0.460 e. The van der Waals surface area contributed by atoms with Crippen LogP contribution in [-0.4, -0.2) is 63.0 Å². The molecule has 0 bridgehead atoms. The highest BCUT2D eigenvalue weighted by Gasteiger charge is 2.95. The summed E-state index contributed by atoms with van der Waals surface area (Å²) in [5.41, 5.74) is -2.57. The normalized spacial score (nSPS) is 15.0. The first-order chi connectivity index (χ1) is 16.2. The zero-order valence-corrected chi connectivity index (χ0v) is 17.8. The third kappa shape index (κ3) is 4.22. The monoisotopic (exact) mass is 586 g/mol. The van der Waals surface area contributed by atoms with Gasteiger partial charge in [-0.25, -0.2) is 0 Å². The van der Waals surface area contributed by atoms with Crippen molar-refractivity contribution in [2.75, 3.05) is 21.3 Å². The van der Waals surface area contributed by atoms with E-state index in [9.17, 15) is 74.6 Å². The highest BCUT2D eigenvalue weighted by Crippen LogP contribution is 2.66. The van der Waals surface area contributed by atoms with Gasteiger partial charge in [0, 0.05) is 12.1 Å². The number of ether oxygens (including phenoxy) is 3. The lowest BCUT2D eigenvalue weighted by atomic mass is 9.86. The van der Waals surface area contributed by atoms with Gasteiger partial charge in [-0.1, -0.05) is 0 Å². The van der Waals surface area contributed by atoms with E-state index in [0.29, 0.717) is 14.2 Å². The first-order valence-corrected chi connectivity index (χ1v) is 8.70. The van der Waals surface area contributed by atoms with Crippen molar-refractivity contribution in [3.05, 3.63) is 17.7 Å². The first-order valence-electron chi connectivity index (χ1n) is 8.70. The van der Waals surface area contributed by atoms with Crippen molar-refractivity contribution in [1.29, 1.82) is 0 Å². The summed E-state index contributed by atoms with van der Waals surface area (Å²) in [7, 11) is 1.65. The van der Waals surface area contributed by atoms with E-state index in [1.54, 1.807) is 0 Å². The fraction of sp³-hybridized carbons (Fsp3) is 0.647. The van der Waals surface area contributed by atoms with Crippen molar-refractivity contribution in [3.63, 3.8) is 0 Å². The van der Waals surface area contributed by atoms with E-state index in [1.807, 2.05) is 0 Å². The maximum Gasteiger partial charge on any atom is 0.460 e. The van der Waals surface area contributed by atoms with E-state index in [2.05, 4.69) is 14.2 Å². The van der Waals surface area contributed by atoms with Crippen LogP contribution in [0.2, 0.25) is 0 Å². The Kier molecular flexibility index (Phi) is 7.91. The predicted octanol–water partition coefficient (Wildman–Crippen LogP) is 7.18. The van der Waals surface area contributed by atoms with Crippen LogP contribution in [-0.2, 0) is 5.92 Å². The van der Waals surface area contributed by atoms with Gasteiger partial charge in [-0.05, 0) is 0 Å². The fourth-order valence-corrected chi connectivity index (χ4v) is 2.64. The van der Waals surface area contributed by atoms with Gasteiger partial charge >= 0.3 is 47.6 Å². The molecule has 20 heteroatoms. The van der Waals surface area contributed by atoms with Gasteiger partial charge < -0.3 is 14.2 Å². The van der Waals surface area contributed by atoms with Gasteiger partial charge in [0.15, 0.2) is 0 Å². The number of rotatable bonds is 10. The van der Waals surface area contributed by atoms with Gasteiger partial charge in [-0.3, -0.25) is 0 Å². The molecule has 0 saturated heterocycles. The van der Waals surface area contributed by atoms with Crippen LogP contribution in [0.25, 0.3) is 0 Å². The van der Waals surface area contributed by atoms with Crippen molar-refractivity contribution in [1.82, 2.24) is 0 Å². The molecule has 1 aromatic carbocycles. The average Bonchev–Trinajstić information content (AvgIpc) is 2.76. The van der Waals surface area contributed by atoms with Crippen molar-refractivity contribution < 1.29 is 88.8 Å². The van der Waals surface area contributed by atoms with Crippen LogP contribution in [0.1, 0.15) is 5.56 Å². The lowest BCUT2D eigenvalue weighted by molar-refractivity contribution is -0.462. The number of hydrogen-bond donors (Lipinski definition) is 0. The summed E-state index contributed by atoms with van der Waals surface area (Å²) in [5.74, 6) is -61.2. The predicted molar refractivity (Wildman–Crippen MR) is 85.7 cm³/mol. The van der Waals surface area contributed by atoms with Crippen LogP contribution in [0.3, 0.4) is 0 Å². The Hall–Kier alpha value is -2.57. The number of halogens is 17. The molecular weight excluding hydrogens is 575 g/mol. The minimum absolute atomic E-state index is 0.241. The van der Waals surface area contributed by atoms with E-state index < -0.39 is 70.4 Å². The van der Waals surface area contributed by atoms with Crippen molar-refractivity contribution in [2.45, 2.75) is 47.6 Å². The van der Waals surface area contributed by atoms with Gasteiger partial charge in [0.2, 0.25) is 0 Å². The second-order valence-corrected chi connectivity index (χ2v) is 6.93. The van der Waals surface area contributed by atoms with Crippen LogP contribution in [0, 0.1) is 0 Å². The zero-order chi connectivity index (χ0) is 29.8. The van der Waals surface area contributed by atoms with E-state index in [4.69, 9.17) is 0 Å². The summed E-state index contributed by atoms with van der Waals surface area (Å²) in [4.78, 5) is 0. The van der Waals surface area contributed by atoms with Gasteiger partial charge in [-0.15, -0.1) is 0 Å². The number of benzene rings is 1. The Morgan fingerprint density at radius 1 is 0.432 bits per heavy atom. The number of methoxy groups -OCH3 is 3. The third-order valence-electron chi connectivity index (χ3n) is 4.75. The van der Waals surface area contributed by atoms with Crippen molar-refractivity contribution in [3.8, 4) is 17.2 Å². The summed E-state index contributed by atoms with van der Waals surface area (Å²) in [6.07, 6.45) is -7.82. The summed E-state index contributed by atoms with van der Waals surface area (Å²) < 4.78 is 243. The summed E-state index contributed by atoms with van der Waals surface area (Å²) in [6, 6.07) is 0.482. The summed E-state index contributed by atoms with van der Waals surface area (Å²) in [6.45, 7) is 0. The minimum Gasteiger partial charge on any atom is -0.496 e. The number of alkyl halides is 17. The molecule has 0 aromatic heterocycles. The molecule has 0 radical (unpaired) electrons. The topological polar surface area (TPSA) is 27.7 Å². The minimum atomic E-state index is -8.71. The van der Waals surface area contributed by atoms with Gasteiger partial charge in [-0.2, -0.15) is 74.6 Å². The Labute approximate surface area is 194 Å². The van der Waals surface area contributed by atoms with Crippen molar-refractivity contribution >= 4 is 0 Å². The van der Waals surface area contributed by atoms with Crippen LogP contribution in [0.4, 0.5) is 74.6 Å². The molecule has 0 unspecified atom stereocenters. The molecule has 1 aromatic rings. The lowest BCUT2D eigenvalue weighted by Crippen LogP contribution is -2.74. The maximum atomic E-state index is 14.7. The first kappa shape index (κ1) is 32.5. The van der Waals surface area contributed by atoms with E-state index in [0.717, 1.165) is 7.11 Å². The Balaban J connectivity index is 3.93. The lowest BCUT2D eigenvalue weighted by Gasteiger charge is -2.43. The molecule has 1 rings (SSSR count). The fourth-order valence-electron chi connectivity index (χ4n) is 2.64. The Morgan fingerprint density at radius 3 is 1.00 bits per heavy atom. The standard InChI is InChI=1S/C17H11F17O3/c1-35-6-4-7(36-2)9(8(5-6)37-3)10(18,19)11(20,21)12(22,23)13(24,25)14(26,27)15(28,29)16(30,31)17(32,33)34/h4-5H,1-3H3. The SMILES string of the molecule is COc1cc(OC)c(C(F)(F)C(F)(F)C(F)(F)C(F)(F)C(F)(F)C(F)(F)C(F)(F)C(F)(F)F)c(OC)c1. The molecule has 0 atom stereocenters. The summed E-state index contributed by atoms with van der Waals surface area (Å²) >= 11 is 0. The van der Waals surface area contributed by atoms with E-state index >= 15 is 0 Å². The highest BCUT2D eigenvalue weighted by molar-refractivity contribution is 5.54. The molecule has 0 amide bonds. The molecule has 0 aliphatic rings. The molecule has 37 heavy (non-hydrogen) atoms. The number of hydrogen-bond acceptors (Lipinski definition) is 3. The quantitative estimate of drug-likeness (QED) is 0.272. The van der Waals surface area contributed by atoms with Crippen LogP contribution >= 0.6 is 0 Å². The Morgan fingerprint density at radius 2 is 0.730 bits per heavy atom. The molecule has 0 heterocycles. The van der Waals surface area contributed by atoms with Gasteiger partial charge in [0.1, 0.15) is 22.8 Å². The molecule has 0 aliphatic carbocycles. The molecule has 0 N–H and O–H groups in total. The second-order valence-electron chi connectivity index (χ2n) is 6.93. The molecule has 216 valence electrons. The zero-order valence-electron chi connectivity index (χ0n) is 17.8. The van der Waals surface area contributed by atoms with Gasteiger partial charge in [0.05, 0.1) is 21.3 Å². The molecule has 3 nitrogen and oxygen atoms in total. The van der Waals surface area contributed by atoms with Crippen LogP contribution in [0.5, 0.6) is 17.2 Å². The van der Waals surface area contributed by atoms with Crippen molar-refractivity contribution in [2.24, 2.45) is 0 Å². The molecule has 0 saturated carbocycles. The second kappa shape index (κ2) is 9.02. The van der Waals surface area contributed by atoms with Gasteiger partial charge in [0.25, 0.3) is 0 Å². The molecule has 0 aliphatic heterocycles. The Bertz CT molecular complexity index is 959. The van der Waals surface area contributed by atoms with Crippen LogP contribution in [0.15, 0.2) is 12.1 Å². The van der Waals surface area contributed by atoms with E-state index in [1.165, 1.54) is 0 Å². The van der Waals surface area contributed by atoms with E-state index in [-0.39, 0.29) is 12.1 Å². The largest absolute Gasteiger partial charge is 0.496 e. The molecule has 0 fully saturated rings. The summed E-state index contributed by atoms with van der Waals surface area (Å²) in [5, 5.41) is 0.